The summed E-state index contributed by atoms with van der Waals surface area (Å²) in [6, 6.07) is 14.8. The van der Waals surface area contributed by atoms with Crippen molar-refractivity contribution >= 4 is 18.0 Å². The number of carbonyl (C=O) groups excluding carboxylic acids is 2. The highest BCUT2D eigenvalue weighted by atomic mass is 16.5. The lowest BCUT2D eigenvalue weighted by Crippen LogP contribution is -2.65. The fourth-order valence-corrected chi connectivity index (χ4v) is 4.67. The Balaban J connectivity index is 1.47. The number of carboxylic acid groups (broad SMARTS) is 1. The Hall–Kier alpha value is -3.43. The van der Waals surface area contributed by atoms with E-state index in [0.29, 0.717) is 0 Å². The van der Waals surface area contributed by atoms with Gasteiger partial charge in [-0.1, -0.05) is 48.5 Å². The predicted molar refractivity (Wildman–Crippen MR) is 122 cm³/mol. The molecule has 0 radical (unpaired) electrons. The number of morpholine rings is 1. The van der Waals surface area contributed by atoms with Crippen LogP contribution in [0.2, 0.25) is 0 Å². The fraction of sp³-hybridized carbons (Fsp3) is 0.400. The van der Waals surface area contributed by atoms with Crippen molar-refractivity contribution in [2.45, 2.75) is 24.4 Å². The lowest BCUT2D eigenvalue weighted by Gasteiger charge is -2.39. The highest BCUT2D eigenvalue weighted by Gasteiger charge is 2.44. The van der Waals surface area contributed by atoms with E-state index in [9.17, 15) is 19.5 Å². The molecule has 1 heterocycles. The van der Waals surface area contributed by atoms with Crippen molar-refractivity contribution in [3.8, 4) is 11.1 Å². The molecule has 1 saturated heterocycles. The molecule has 2 N–H and O–H groups in total. The van der Waals surface area contributed by atoms with E-state index in [1.54, 1.807) is 0 Å². The largest absolute Gasteiger partial charge is 0.480 e. The van der Waals surface area contributed by atoms with Gasteiger partial charge in [-0.2, -0.15) is 0 Å². The molecule has 0 spiro atoms. The fourth-order valence-electron chi connectivity index (χ4n) is 4.67. The molecule has 2 aromatic carbocycles. The van der Waals surface area contributed by atoms with Crippen LogP contribution in [0.4, 0.5) is 4.79 Å². The Bertz CT molecular complexity index is 1040. The Morgan fingerprint density at radius 2 is 1.74 bits per heavy atom. The van der Waals surface area contributed by atoms with Gasteiger partial charge >= 0.3 is 12.1 Å². The van der Waals surface area contributed by atoms with Gasteiger partial charge in [-0.15, -0.1) is 0 Å². The number of carbonyl (C=O) groups is 3. The van der Waals surface area contributed by atoms with Gasteiger partial charge in [0.1, 0.15) is 12.1 Å². The van der Waals surface area contributed by atoms with Crippen molar-refractivity contribution in [2.75, 3.05) is 40.1 Å². The summed E-state index contributed by atoms with van der Waals surface area (Å²) in [5, 5.41) is 12.1. The topological polar surface area (TPSA) is 114 Å². The monoisotopic (exact) mass is 468 g/mol. The number of nitrogens with one attached hydrogen (secondary N) is 1. The van der Waals surface area contributed by atoms with E-state index in [0.717, 1.165) is 22.3 Å². The number of ether oxygens (including phenoxy) is 3. The maximum atomic E-state index is 13.3. The molecule has 1 fully saturated rings. The van der Waals surface area contributed by atoms with E-state index in [4.69, 9.17) is 14.2 Å². The number of methoxy groups -OCH3 is 1. The quantitative estimate of drug-likeness (QED) is 0.641. The van der Waals surface area contributed by atoms with Crippen molar-refractivity contribution in [1.29, 1.82) is 0 Å². The molecular weight excluding hydrogens is 440 g/mol. The number of alkyl carbamates (subject to hydrolysis) is 1. The summed E-state index contributed by atoms with van der Waals surface area (Å²) in [4.78, 5) is 38.9. The molecule has 4 rings (SSSR count). The average molecular weight is 469 g/mol. The van der Waals surface area contributed by atoms with Crippen LogP contribution < -0.4 is 5.32 Å². The normalized spacial score (nSPS) is 19.0. The smallest absolute Gasteiger partial charge is 0.408 e. The minimum Gasteiger partial charge on any atom is -0.480 e. The van der Waals surface area contributed by atoms with Crippen LogP contribution in [-0.2, 0) is 23.8 Å². The van der Waals surface area contributed by atoms with Crippen molar-refractivity contribution in [2.24, 2.45) is 0 Å². The molecule has 2 aliphatic rings. The number of aliphatic carboxylic acids is 1. The molecule has 0 aromatic heterocycles. The van der Waals surface area contributed by atoms with Gasteiger partial charge in [0.05, 0.1) is 19.8 Å². The number of nitrogens with zero attached hydrogens (tertiary/aromatic N) is 1. The number of rotatable bonds is 7. The number of hydrogen-bond acceptors (Lipinski definition) is 6. The summed E-state index contributed by atoms with van der Waals surface area (Å²) in [7, 11) is 1.40. The molecule has 2 amide bonds. The second-order valence-electron chi connectivity index (χ2n) is 8.64. The zero-order valence-electron chi connectivity index (χ0n) is 19.2. The van der Waals surface area contributed by atoms with E-state index in [-0.39, 0.29) is 38.9 Å². The van der Waals surface area contributed by atoms with Crippen LogP contribution in [0.1, 0.15) is 24.0 Å². The predicted octanol–water partition coefficient (Wildman–Crippen LogP) is 2.24. The van der Waals surface area contributed by atoms with E-state index < -0.39 is 29.6 Å². The highest BCUT2D eigenvalue weighted by Crippen LogP contribution is 2.44. The minimum absolute atomic E-state index is 0.0897. The first-order valence-corrected chi connectivity index (χ1v) is 11.1. The standard InChI is InChI=1S/C25H28N2O7/c1-25(15-32-2,23(30)27-11-12-33-14-21(27)22(28)29)26-24(31)34-13-20-18-9-5-3-7-16(18)17-8-4-6-10-19(17)20/h3-10,20-21H,11-15H2,1-2H3,(H,26,31)(H,28,29). The third-order valence-electron chi connectivity index (χ3n) is 6.30. The summed E-state index contributed by atoms with van der Waals surface area (Å²) in [5.74, 6) is -1.87. The number of benzene rings is 2. The molecule has 0 saturated carbocycles. The van der Waals surface area contributed by atoms with Crippen molar-refractivity contribution in [1.82, 2.24) is 10.2 Å². The van der Waals surface area contributed by atoms with E-state index in [1.807, 2.05) is 48.5 Å². The van der Waals surface area contributed by atoms with Crippen LogP contribution in [0.5, 0.6) is 0 Å². The number of amides is 2. The van der Waals surface area contributed by atoms with Crippen molar-refractivity contribution < 1.29 is 33.7 Å². The zero-order valence-corrected chi connectivity index (χ0v) is 19.2. The molecular formula is C25H28N2O7. The third kappa shape index (κ3) is 4.49. The van der Waals surface area contributed by atoms with Gasteiger partial charge in [0.2, 0.25) is 0 Å². The summed E-state index contributed by atoms with van der Waals surface area (Å²) >= 11 is 0. The maximum Gasteiger partial charge on any atom is 0.408 e. The van der Waals surface area contributed by atoms with Gasteiger partial charge in [0.25, 0.3) is 5.91 Å². The number of carboxylic acids is 1. The first-order chi connectivity index (χ1) is 16.4. The average Bonchev–Trinajstić information content (AvgIpc) is 3.16. The van der Waals surface area contributed by atoms with Gasteiger partial charge in [0, 0.05) is 19.6 Å². The molecule has 180 valence electrons. The third-order valence-corrected chi connectivity index (χ3v) is 6.30. The summed E-state index contributed by atoms with van der Waals surface area (Å²) in [6.45, 7) is 1.63. The SMILES string of the molecule is COCC(C)(NC(=O)OCC1c2ccccc2-c2ccccc21)C(=O)N1CCOCC1C(=O)O. The highest BCUT2D eigenvalue weighted by molar-refractivity contribution is 5.93. The molecule has 1 aliphatic heterocycles. The molecule has 2 unspecified atom stereocenters. The van der Waals surface area contributed by atoms with Gasteiger partial charge in [-0.3, -0.25) is 4.79 Å². The van der Waals surface area contributed by atoms with Crippen molar-refractivity contribution in [3.63, 3.8) is 0 Å². The first-order valence-electron chi connectivity index (χ1n) is 11.1. The lowest BCUT2D eigenvalue weighted by molar-refractivity contribution is -0.162. The van der Waals surface area contributed by atoms with Gasteiger partial charge in [-0.25, -0.2) is 9.59 Å². The summed E-state index contributed by atoms with van der Waals surface area (Å²) in [5.41, 5.74) is 2.86. The van der Waals surface area contributed by atoms with Crippen LogP contribution >= 0.6 is 0 Å². The first kappa shape index (κ1) is 23.7. The molecule has 9 nitrogen and oxygen atoms in total. The Kier molecular flexibility index (Phi) is 6.85. The summed E-state index contributed by atoms with van der Waals surface area (Å²) < 4.78 is 16.0. The number of hydrogen-bond donors (Lipinski definition) is 2. The molecule has 2 aromatic rings. The number of fused-ring (bicyclic) bond motifs is 3. The second-order valence-corrected chi connectivity index (χ2v) is 8.64. The van der Waals surface area contributed by atoms with Gasteiger partial charge in [-0.05, 0) is 29.2 Å². The van der Waals surface area contributed by atoms with Crippen LogP contribution in [0.3, 0.4) is 0 Å². The maximum absolute atomic E-state index is 13.3. The van der Waals surface area contributed by atoms with Crippen LogP contribution in [-0.4, -0.2) is 79.6 Å². The van der Waals surface area contributed by atoms with Crippen LogP contribution in [0.15, 0.2) is 48.5 Å². The molecule has 0 bridgehead atoms. The van der Waals surface area contributed by atoms with E-state index >= 15 is 0 Å². The molecule has 1 aliphatic carbocycles. The van der Waals surface area contributed by atoms with E-state index in [1.165, 1.54) is 18.9 Å². The Morgan fingerprint density at radius 3 is 2.32 bits per heavy atom. The van der Waals surface area contributed by atoms with E-state index in [2.05, 4.69) is 5.32 Å². The van der Waals surface area contributed by atoms with Gasteiger partial charge in [0.15, 0.2) is 6.04 Å². The zero-order chi connectivity index (χ0) is 24.3. The lowest BCUT2D eigenvalue weighted by atomic mass is 9.98. The van der Waals surface area contributed by atoms with Gasteiger partial charge < -0.3 is 29.5 Å². The van der Waals surface area contributed by atoms with Crippen molar-refractivity contribution in [3.05, 3.63) is 59.7 Å². The van der Waals surface area contributed by atoms with Crippen LogP contribution in [0.25, 0.3) is 11.1 Å². The minimum atomic E-state index is -1.51. The van der Waals surface area contributed by atoms with Crippen LogP contribution in [0, 0.1) is 0 Å². The Morgan fingerprint density at radius 1 is 1.12 bits per heavy atom. The second kappa shape index (κ2) is 9.82. The molecule has 34 heavy (non-hydrogen) atoms. The molecule has 9 heteroatoms. The Labute approximate surface area is 197 Å². The summed E-state index contributed by atoms with van der Waals surface area (Å²) in [6.07, 6.45) is -0.783. The molecule has 2 atom stereocenters.